The number of aromatic nitrogens is 1. The van der Waals surface area contributed by atoms with Crippen LogP contribution in [0, 0.1) is 17.8 Å². The minimum atomic E-state index is 0.363. The molecule has 0 atom stereocenters. The second kappa shape index (κ2) is 6.56. The Balaban J connectivity index is 1.43. The molecule has 0 radical (unpaired) electrons. The lowest BCUT2D eigenvalue weighted by molar-refractivity contribution is -0.00714. The van der Waals surface area contributed by atoms with E-state index in [4.69, 9.17) is 4.98 Å². The normalized spacial score (nSPS) is 34.9. The number of thiophene rings is 1. The summed E-state index contributed by atoms with van der Waals surface area (Å²) in [5, 5.41) is 4.50. The molecule has 1 aliphatic heterocycles. The van der Waals surface area contributed by atoms with E-state index in [0.29, 0.717) is 5.41 Å². The first-order chi connectivity index (χ1) is 13.7. The summed E-state index contributed by atoms with van der Waals surface area (Å²) >= 11 is 1.80. The van der Waals surface area contributed by atoms with Crippen molar-refractivity contribution in [1.82, 2.24) is 9.88 Å². The number of hydrogen-bond donors (Lipinski definition) is 0. The molecule has 4 saturated carbocycles. The Morgan fingerprint density at radius 2 is 1.61 bits per heavy atom. The van der Waals surface area contributed by atoms with Crippen molar-refractivity contribution in [2.75, 3.05) is 38.1 Å². The Labute approximate surface area is 172 Å². The second-order valence-electron chi connectivity index (χ2n) is 10.1. The third-order valence-corrected chi connectivity index (χ3v) is 8.76. The summed E-state index contributed by atoms with van der Waals surface area (Å²) in [5.74, 6) is 4.11. The fourth-order valence-electron chi connectivity index (χ4n) is 7.00. The summed E-state index contributed by atoms with van der Waals surface area (Å²) in [7, 11) is 2.23. The zero-order valence-corrected chi connectivity index (χ0v) is 17.8. The predicted molar refractivity (Wildman–Crippen MR) is 117 cm³/mol. The van der Waals surface area contributed by atoms with Crippen LogP contribution < -0.4 is 4.90 Å². The maximum Gasteiger partial charge on any atom is 0.129 e. The number of likely N-dealkylation sites (N-methyl/N-ethyl adjacent to an activating group) is 1. The highest BCUT2D eigenvalue weighted by molar-refractivity contribution is 7.08. The van der Waals surface area contributed by atoms with Gasteiger partial charge in [0.05, 0.1) is 0 Å². The molecule has 0 spiro atoms. The van der Waals surface area contributed by atoms with E-state index in [2.05, 4.69) is 45.8 Å². The van der Waals surface area contributed by atoms with Crippen LogP contribution >= 0.6 is 11.3 Å². The largest absolute Gasteiger partial charge is 0.354 e. The molecule has 0 unspecified atom stereocenters. The number of hydrogen-bond acceptors (Lipinski definition) is 4. The summed E-state index contributed by atoms with van der Waals surface area (Å²) in [6, 6.07) is 7.10. The van der Waals surface area contributed by atoms with Crippen LogP contribution in [0.15, 0.2) is 29.0 Å². The molecule has 4 aliphatic carbocycles. The quantitative estimate of drug-likeness (QED) is 0.729. The fraction of sp³-hybridized carbons (Fsp3) is 0.625. The number of pyridine rings is 1. The van der Waals surface area contributed by atoms with E-state index < -0.39 is 0 Å². The van der Waals surface area contributed by atoms with Gasteiger partial charge in [-0.2, -0.15) is 11.3 Å². The van der Waals surface area contributed by atoms with E-state index in [1.165, 1.54) is 61.2 Å². The number of rotatable bonds is 3. The van der Waals surface area contributed by atoms with Gasteiger partial charge in [-0.05, 0) is 103 Å². The molecular formula is C24H31N3S. The average molecular weight is 394 g/mol. The van der Waals surface area contributed by atoms with Crippen molar-refractivity contribution in [1.29, 1.82) is 0 Å². The zero-order valence-electron chi connectivity index (χ0n) is 16.9. The highest BCUT2D eigenvalue weighted by Gasteiger charge is 2.52. The van der Waals surface area contributed by atoms with E-state index in [1.54, 1.807) is 11.3 Å². The van der Waals surface area contributed by atoms with Gasteiger partial charge in [-0.25, -0.2) is 4.98 Å². The Kier molecular flexibility index (Phi) is 4.09. The molecule has 2 aromatic rings. The summed E-state index contributed by atoms with van der Waals surface area (Å²) in [4.78, 5) is 10.4. The summed E-state index contributed by atoms with van der Waals surface area (Å²) in [6.45, 7) is 4.46. The van der Waals surface area contributed by atoms with Gasteiger partial charge in [0, 0.05) is 37.3 Å². The topological polar surface area (TPSA) is 19.4 Å². The lowest BCUT2D eigenvalue weighted by atomic mass is 9.48. The van der Waals surface area contributed by atoms with Gasteiger partial charge in [0.1, 0.15) is 5.82 Å². The van der Waals surface area contributed by atoms with Gasteiger partial charge >= 0.3 is 0 Å². The fourth-order valence-corrected chi connectivity index (χ4v) is 7.67. The van der Waals surface area contributed by atoms with E-state index in [1.807, 2.05) is 0 Å². The third kappa shape index (κ3) is 2.91. The summed E-state index contributed by atoms with van der Waals surface area (Å²) < 4.78 is 0. The van der Waals surface area contributed by atoms with E-state index in [0.717, 1.165) is 43.9 Å². The SMILES string of the molecule is CN1CCN(c2cc(-c3ccsc3)cc(C34CC5CC(CC(C5)C3)C4)n2)CC1. The molecule has 1 saturated heterocycles. The van der Waals surface area contributed by atoms with Crippen LogP contribution in [0.3, 0.4) is 0 Å². The van der Waals surface area contributed by atoms with Crippen molar-refractivity contribution in [3.8, 4) is 11.1 Å². The highest BCUT2D eigenvalue weighted by atomic mass is 32.1. The van der Waals surface area contributed by atoms with E-state index >= 15 is 0 Å². The van der Waals surface area contributed by atoms with E-state index in [9.17, 15) is 0 Å². The van der Waals surface area contributed by atoms with Crippen LogP contribution in [-0.4, -0.2) is 43.1 Å². The van der Waals surface area contributed by atoms with Crippen molar-refractivity contribution < 1.29 is 0 Å². The minimum Gasteiger partial charge on any atom is -0.354 e. The van der Waals surface area contributed by atoms with Crippen LogP contribution in [-0.2, 0) is 5.41 Å². The lowest BCUT2D eigenvalue weighted by Gasteiger charge is -2.56. The summed E-state index contributed by atoms with van der Waals surface area (Å²) in [6.07, 6.45) is 8.65. The molecule has 0 aromatic carbocycles. The minimum absolute atomic E-state index is 0.363. The van der Waals surface area contributed by atoms with Gasteiger partial charge in [-0.1, -0.05) is 0 Å². The predicted octanol–water partition coefficient (Wildman–Crippen LogP) is 5.03. The summed E-state index contributed by atoms with van der Waals surface area (Å²) in [5.41, 5.74) is 4.54. The van der Waals surface area contributed by atoms with Gasteiger partial charge in [0.2, 0.25) is 0 Å². The number of nitrogens with zero attached hydrogens (tertiary/aromatic N) is 3. The molecular weight excluding hydrogens is 362 g/mol. The molecule has 5 aliphatic rings. The molecule has 3 heterocycles. The monoisotopic (exact) mass is 393 g/mol. The Bertz CT molecular complexity index is 815. The first kappa shape index (κ1) is 17.5. The molecule has 7 rings (SSSR count). The Morgan fingerprint density at radius 1 is 0.929 bits per heavy atom. The van der Waals surface area contributed by atoms with Crippen LogP contribution in [0.25, 0.3) is 11.1 Å². The van der Waals surface area contributed by atoms with Crippen LogP contribution in [0.5, 0.6) is 0 Å². The van der Waals surface area contributed by atoms with Crippen LogP contribution in [0.1, 0.15) is 44.2 Å². The maximum absolute atomic E-state index is 5.39. The number of anilines is 1. The first-order valence-corrected chi connectivity index (χ1v) is 12.1. The molecule has 3 nitrogen and oxygen atoms in total. The van der Waals surface area contributed by atoms with Gasteiger partial charge < -0.3 is 9.80 Å². The number of piperazine rings is 1. The van der Waals surface area contributed by atoms with Crippen LogP contribution in [0.2, 0.25) is 0 Å². The second-order valence-corrected chi connectivity index (χ2v) is 10.9. The van der Waals surface area contributed by atoms with Gasteiger partial charge in [-0.3, -0.25) is 0 Å². The third-order valence-electron chi connectivity index (χ3n) is 8.08. The molecule has 4 heteroatoms. The maximum atomic E-state index is 5.39. The van der Waals surface area contributed by atoms with Crippen molar-refractivity contribution in [2.45, 2.75) is 43.9 Å². The highest BCUT2D eigenvalue weighted by Crippen LogP contribution is 2.60. The van der Waals surface area contributed by atoms with Gasteiger partial charge in [0.15, 0.2) is 0 Å². The Hall–Kier alpha value is -1.39. The standard InChI is InChI=1S/C24H31N3S/c1-26-3-5-27(6-4-26)23-12-21(20-2-7-28-16-20)11-22(25-23)24-13-17-8-18(14-24)10-19(9-17)15-24/h2,7,11-12,16-19H,3-6,8-10,13-15H2,1H3. The van der Waals surface area contributed by atoms with Crippen molar-refractivity contribution in [3.05, 3.63) is 34.7 Å². The molecule has 0 amide bonds. The molecule has 28 heavy (non-hydrogen) atoms. The molecule has 5 fully saturated rings. The smallest absolute Gasteiger partial charge is 0.129 e. The zero-order chi connectivity index (χ0) is 18.7. The van der Waals surface area contributed by atoms with Crippen molar-refractivity contribution >= 4 is 17.2 Å². The van der Waals surface area contributed by atoms with Gasteiger partial charge in [-0.15, -0.1) is 0 Å². The molecule has 0 N–H and O–H groups in total. The van der Waals surface area contributed by atoms with E-state index in [-0.39, 0.29) is 0 Å². The van der Waals surface area contributed by atoms with Crippen molar-refractivity contribution in [2.24, 2.45) is 17.8 Å². The lowest BCUT2D eigenvalue weighted by Crippen LogP contribution is -2.49. The van der Waals surface area contributed by atoms with Gasteiger partial charge in [0.25, 0.3) is 0 Å². The van der Waals surface area contributed by atoms with Crippen LogP contribution in [0.4, 0.5) is 5.82 Å². The van der Waals surface area contributed by atoms with Crippen molar-refractivity contribution in [3.63, 3.8) is 0 Å². The molecule has 2 aromatic heterocycles. The Morgan fingerprint density at radius 3 is 2.21 bits per heavy atom. The average Bonchev–Trinajstić information content (AvgIpc) is 3.22. The molecule has 4 bridgehead atoms. The first-order valence-electron chi connectivity index (χ1n) is 11.2. The molecule has 148 valence electrons.